The van der Waals surface area contributed by atoms with Gasteiger partial charge >= 0.3 is 0 Å². The standard InChI is InChI=1S/C19H16N4OS/c20-17-9-18(21)23-19(22-17)25-10-16(24)13-6-5-12-7-11-3-1-2-4-14(11)15(12)8-13/h1-6,8-9H,7,10H2,(H4,20,21,22,23). The fourth-order valence-corrected chi connectivity index (χ4v) is 3.80. The van der Waals surface area contributed by atoms with E-state index >= 15 is 0 Å². The Morgan fingerprint density at radius 3 is 2.48 bits per heavy atom. The minimum absolute atomic E-state index is 0.0294. The van der Waals surface area contributed by atoms with E-state index in [-0.39, 0.29) is 11.5 Å². The number of benzene rings is 2. The summed E-state index contributed by atoms with van der Waals surface area (Å²) >= 11 is 1.24. The van der Waals surface area contributed by atoms with Crippen LogP contribution in [0.25, 0.3) is 11.1 Å². The lowest BCUT2D eigenvalue weighted by Gasteiger charge is -2.06. The van der Waals surface area contributed by atoms with E-state index in [1.807, 2.05) is 30.3 Å². The summed E-state index contributed by atoms with van der Waals surface area (Å²) in [6.07, 6.45) is 0.922. The molecule has 0 bridgehead atoms. The monoisotopic (exact) mass is 348 g/mol. The molecule has 4 N–H and O–H groups in total. The molecule has 0 amide bonds. The molecule has 2 aromatic carbocycles. The van der Waals surface area contributed by atoms with Gasteiger partial charge in [-0.05, 0) is 34.7 Å². The van der Waals surface area contributed by atoms with Gasteiger partial charge < -0.3 is 11.5 Å². The Balaban J connectivity index is 1.54. The number of rotatable bonds is 4. The number of carbonyl (C=O) groups is 1. The molecule has 0 saturated carbocycles. The number of hydrogen-bond donors (Lipinski definition) is 2. The number of thioether (sulfide) groups is 1. The average Bonchev–Trinajstić information content (AvgIpc) is 2.96. The van der Waals surface area contributed by atoms with Crippen LogP contribution in [0.3, 0.4) is 0 Å². The lowest BCUT2D eigenvalue weighted by molar-refractivity contribution is 0.102. The van der Waals surface area contributed by atoms with E-state index in [0.717, 1.165) is 12.0 Å². The molecule has 1 aromatic heterocycles. The molecule has 0 aliphatic heterocycles. The maximum atomic E-state index is 12.6. The van der Waals surface area contributed by atoms with Crippen LogP contribution in [0.15, 0.2) is 53.7 Å². The maximum Gasteiger partial charge on any atom is 0.191 e. The molecule has 1 heterocycles. The van der Waals surface area contributed by atoms with E-state index in [4.69, 9.17) is 11.5 Å². The molecule has 1 aliphatic rings. The highest BCUT2D eigenvalue weighted by Gasteiger charge is 2.19. The second-order valence-corrected chi connectivity index (χ2v) is 6.86. The van der Waals surface area contributed by atoms with Crippen LogP contribution in [0.2, 0.25) is 0 Å². The molecular formula is C19H16N4OS. The number of carbonyl (C=O) groups excluding carboxylic acids is 1. The van der Waals surface area contributed by atoms with Crippen LogP contribution in [0.1, 0.15) is 21.5 Å². The number of ketones is 1. The topological polar surface area (TPSA) is 94.9 Å². The zero-order valence-electron chi connectivity index (χ0n) is 13.4. The molecule has 0 saturated heterocycles. The van der Waals surface area contributed by atoms with Crippen molar-refractivity contribution in [1.29, 1.82) is 0 Å². The molecule has 1 aliphatic carbocycles. The highest BCUT2D eigenvalue weighted by Crippen LogP contribution is 2.37. The smallest absolute Gasteiger partial charge is 0.191 e. The van der Waals surface area contributed by atoms with Crippen molar-refractivity contribution in [3.63, 3.8) is 0 Å². The van der Waals surface area contributed by atoms with Gasteiger partial charge in [-0.2, -0.15) is 0 Å². The first-order valence-electron chi connectivity index (χ1n) is 7.87. The summed E-state index contributed by atoms with van der Waals surface area (Å²) in [7, 11) is 0. The van der Waals surface area contributed by atoms with E-state index in [9.17, 15) is 4.79 Å². The summed E-state index contributed by atoms with van der Waals surface area (Å²) < 4.78 is 0. The predicted octanol–water partition coefficient (Wildman–Crippen LogP) is 3.19. The molecule has 0 spiro atoms. The van der Waals surface area contributed by atoms with E-state index in [2.05, 4.69) is 22.1 Å². The zero-order valence-corrected chi connectivity index (χ0v) is 14.2. The van der Waals surface area contributed by atoms with Gasteiger partial charge in [0.05, 0.1) is 5.75 Å². The summed E-state index contributed by atoms with van der Waals surface area (Å²) in [6.45, 7) is 0. The molecule has 25 heavy (non-hydrogen) atoms. The molecule has 0 fully saturated rings. The van der Waals surface area contributed by atoms with Crippen LogP contribution in [0, 0.1) is 0 Å². The maximum absolute atomic E-state index is 12.6. The first kappa shape index (κ1) is 15.7. The van der Waals surface area contributed by atoms with Crippen molar-refractivity contribution >= 4 is 29.2 Å². The van der Waals surface area contributed by atoms with Gasteiger partial charge in [0.1, 0.15) is 11.6 Å². The van der Waals surface area contributed by atoms with Crippen molar-refractivity contribution in [2.45, 2.75) is 11.6 Å². The minimum Gasteiger partial charge on any atom is -0.383 e. The first-order valence-corrected chi connectivity index (χ1v) is 8.86. The van der Waals surface area contributed by atoms with E-state index < -0.39 is 0 Å². The number of nitrogens with zero attached hydrogens (tertiary/aromatic N) is 2. The highest BCUT2D eigenvalue weighted by atomic mass is 32.2. The van der Waals surface area contributed by atoms with Gasteiger partial charge in [-0.25, -0.2) is 9.97 Å². The summed E-state index contributed by atoms with van der Waals surface area (Å²) in [4.78, 5) is 20.7. The second kappa shape index (κ2) is 6.22. The van der Waals surface area contributed by atoms with Crippen LogP contribution in [-0.4, -0.2) is 21.5 Å². The van der Waals surface area contributed by atoms with Crippen molar-refractivity contribution in [2.75, 3.05) is 17.2 Å². The second-order valence-electron chi connectivity index (χ2n) is 5.92. The quantitative estimate of drug-likeness (QED) is 0.334. The lowest BCUT2D eigenvalue weighted by atomic mass is 10.0. The summed E-state index contributed by atoms with van der Waals surface area (Å²) in [5.41, 5.74) is 16.9. The fraction of sp³-hybridized carbons (Fsp3) is 0.105. The highest BCUT2D eigenvalue weighted by molar-refractivity contribution is 7.99. The molecule has 124 valence electrons. The fourth-order valence-electron chi connectivity index (χ4n) is 3.04. The number of fused-ring (bicyclic) bond motifs is 3. The van der Waals surface area contributed by atoms with E-state index in [1.165, 1.54) is 34.5 Å². The molecule has 5 nitrogen and oxygen atoms in total. The molecule has 3 aromatic rings. The van der Waals surface area contributed by atoms with Crippen molar-refractivity contribution in [3.05, 3.63) is 65.2 Å². The van der Waals surface area contributed by atoms with Crippen LogP contribution in [0.5, 0.6) is 0 Å². The Morgan fingerprint density at radius 2 is 1.68 bits per heavy atom. The van der Waals surface area contributed by atoms with Crippen molar-refractivity contribution in [2.24, 2.45) is 0 Å². The zero-order chi connectivity index (χ0) is 17.4. The van der Waals surface area contributed by atoms with E-state index in [0.29, 0.717) is 22.4 Å². The SMILES string of the molecule is Nc1cc(N)nc(SCC(=O)c2ccc3c(c2)-c2ccccc2C3)n1. The average molecular weight is 348 g/mol. The Hall–Kier alpha value is -2.86. The van der Waals surface area contributed by atoms with Gasteiger partial charge in [0.15, 0.2) is 10.9 Å². The van der Waals surface area contributed by atoms with Crippen LogP contribution in [-0.2, 0) is 6.42 Å². The first-order chi connectivity index (χ1) is 12.1. The van der Waals surface area contributed by atoms with Crippen LogP contribution < -0.4 is 11.5 Å². The normalized spacial score (nSPS) is 11.8. The Labute approximate surface area is 149 Å². The number of anilines is 2. The minimum atomic E-state index is 0.0294. The Morgan fingerprint density at radius 1 is 0.960 bits per heavy atom. The lowest BCUT2D eigenvalue weighted by Crippen LogP contribution is -2.05. The molecule has 6 heteroatoms. The van der Waals surface area contributed by atoms with Crippen molar-refractivity contribution < 1.29 is 4.79 Å². The third-order valence-corrected chi connectivity index (χ3v) is 5.05. The Bertz CT molecular complexity index is 967. The van der Waals surface area contributed by atoms with Gasteiger partial charge in [-0.1, -0.05) is 48.2 Å². The van der Waals surface area contributed by atoms with Gasteiger partial charge in [0, 0.05) is 11.6 Å². The summed E-state index contributed by atoms with van der Waals surface area (Å²) in [5, 5.41) is 0.414. The number of Topliss-reactive ketones (excluding diaryl/α,β-unsaturated/α-hetero) is 1. The molecular weight excluding hydrogens is 332 g/mol. The number of aromatic nitrogens is 2. The summed E-state index contributed by atoms with van der Waals surface area (Å²) in [6, 6.07) is 15.7. The molecule has 0 atom stereocenters. The number of nitrogens with two attached hydrogens (primary N) is 2. The Kier molecular flexibility index (Phi) is 3.89. The molecule has 4 rings (SSSR count). The van der Waals surface area contributed by atoms with E-state index in [1.54, 1.807) is 0 Å². The number of hydrogen-bond acceptors (Lipinski definition) is 6. The van der Waals surface area contributed by atoms with Gasteiger partial charge in [-0.15, -0.1) is 0 Å². The van der Waals surface area contributed by atoms with Crippen LogP contribution in [0.4, 0.5) is 11.6 Å². The summed E-state index contributed by atoms with van der Waals surface area (Å²) in [5.74, 6) is 0.874. The predicted molar refractivity (Wildman–Crippen MR) is 101 cm³/mol. The van der Waals surface area contributed by atoms with Crippen LogP contribution >= 0.6 is 11.8 Å². The van der Waals surface area contributed by atoms with Crippen molar-refractivity contribution in [3.8, 4) is 11.1 Å². The third kappa shape index (κ3) is 3.08. The number of nitrogen functional groups attached to an aromatic ring is 2. The van der Waals surface area contributed by atoms with Gasteiger partial charge in [0.2, 0.25) is 0 Å². The van der Waals surface area contributed by atoms with Gasteiger partial charge in [-0.3, -0.25) is 4.79 Å². The largest absolute Gasteiger partial charge is 0.383 e. The van der Waals surface area contributed by atoms with Gasteiger partial charge in [0.25, 0.3) is 0 Å². The van der Waals surface area contributed by atoms with Crippen molar-refractivity contribution in [1.82, 2.24) is 9.97 Å². The molecule has 0 radical (unpaired) electrons. The molecule has 0 unspecified atom stereocenters. The third-order valence-electron chi connectivity index (χ3n) is 4.20.